The molecule has 2 fully saturated rings. The largest absolute Gasteiger partial charge is 0.481 e. The predicted molar refractivity (Wildman–Crippen MR) is 75.3 cm³/mol. The number of carbonyl (C=O) groups excluding carboxylic acids is 1. The minimum Gasteiger partial charge on any atom is -0.481 e. The van der Waals surface area contributed by atoms with Gasteiger partial charge in [-0.1, -0.05) is 6.07 Å². The van der Waals surface area contributed by atoms with E-state index in [4.69, 9.17) is 5.11 Å². The number of aliphatic carboxylic acids is 1. The van der Waals surface area contributed by atoms with Gasteiger partial charge < -0.3 is 10.0 Å². The van der Waals surface area contributed by atoms with Crippen molar-refractivity contribution in [3.05, 3.63) is 30.1 Å². The number of aromatic nitrogens is 1. The standard InChI is InChI=1S/C15H19N3O3/c1-17(6-10-4-2-3-5-16-10)9-13(19)18-7-11-12(8-18)14(11)15(20)21/h2-5,11-12,14H,6-9H2,1H3,(H,20,21)/t11-,12+,14?. The van der Waals surface area contributed by atoms with Gasteiger partial charge in [0, 0.05) is 25.8 Å². The summed E-state index contributed by atoms with van der Waals surface area (Å²) in [5.41, 5.74) is 0.933. The molecule has 1 aromatic rings. The Labute approximate surface area is 123 Å². The lowest BCUT2D eigenvalue weighted by molar-refractivity contribution is -0.141. The molecule has 2 heterocycles. The van der Waals surface area contributed by atoms with Crippen LogP contribution in [0, 0.1) is 17.8 Å². The molecule has 1 aromatic heterocycles. The quantitative estimate of drug-likeness (QED) is 0.844. The first kappa shape index (κ1) is 14.0. The molecule has 112 valence electrons. The summed E-state index contributed by atoms with van der Waals surface area (Å²) in [4.78, 5) is 31.1. The summed E-state index contributed by atoms with van der Waals surface area (Å²) in [5, 5.41) is 8.97. The van der Waals surface area contributed by atoms with Gasteiger partial charge in [-0.15, -0.1) is 0 Å². The van der Waals surface area contributed by atoms with Crippen LogP contribution < -0.4 is 0 Å². The minimum absolute atomic E-state index is 0.0739. The fraction of sp³-hybridized carbons (Fsp3) is 0.533. The summed E-state index contributed by atoms with van der Waals surface area (Å²) in [6.45, 7) is 2.16. The second kappa shape index (κ2) is 5.44. The maximum absolute atomic E-state index is 12.2. The van der Waals surface area contributed by atoms with Gasteiger partial charge in [0.1, 0.15) is 0 Å². The fourth-order valence-corrected chi connectivity index (χ4v) is 3.25. The molecule has 0 bridgehead atoms. The zero-order valence-electron chi connectivity index (χ0n) is 12.0. The Balaban J connectivity index is 1.46. The lowest BCUT2D eigenvalue weighted by Crippen LogP contribution is -2.39. The molecule has 21 heavy (non-hydrogen) atoms. The SMILES string of the molecule is CN(CC(=O)N1C[C@@H]2C(C(=O)O)[C@@H]2C1)Cc1ccccn1. The summed E-state index contributed by atoms with van der Waals surface area (Å²) in [7, 11) is 1.89. The molecule has 0 spiro atoms. The van der Waals surface area contributed by atoms with Crippen molar-refractivity contribution in [2.45, 2.75) is 6.54 Å². The monoisotopic (exact) mass is 289 g/mol. The molecule has 6 nitrogen and oxygen atoms in total. The lowest BCUT2D eigenvalue weighted by Gasteiger charge is -2.23. The van der Waals surface area contributed by atoms with Crippen molar-refractivity contribution >= 4 is 11.9 Å². The van der Waals surface area contributed by atoms with Gasteiger partial charge in [0.2, 0.25) is 5.91 Å². The van der Waals surface area contributed by atoms with E-state index in [1.807, 2.05) is 30.1 Å². The smallest absolute Gasteiger partial charge is 0.307 e. The van der Waals surface area contributed by atoms with Crippen LogP contribution in [0.2, 0.25) is 0 Å². The highest BCUT2D eigenvalue weighted by Gasteiger charge is 2.60. The molecule has 3 atom stereocenters. The molecule has 1 N–H and O–H groups in total. The molecular formula is C15H19N3O3. The second-order valence-electron chi connectivity index (χ2n) is 5.98. The van der Waals surface area contributed by atoms with Crippen LogP contribution in [0.5, 0.6) is 0 Å². The Hall–Kier alpha value is -1.95. The van der Waals surface area contributed by atoms with E-state index in [1.165, 1.54) is 0 Å². The average molecular weight is 289 g/mol. The number of pyridine rings is 1. The molecular weight excluding hydrogens is 270 g/mol. The van der Waals surface area contributed by atoms with Gasteiger partial charge in [-0.05, 0) is 31.0 Å². The van der Waals surface area contributed by atoms with Gasteiger partial charge in [-0.2, -0.15) is 0 Å². The molecule has 1 aliphatic heterocycles. The first-order valence-electron chi connectivity index (χ1n) is 7.15. The third-order valence-corrected chi connectivity index (χ3v) is 4.40. The lowest BCUT2D eigenvalue weighted by atomic mass is 10.2. The summed E-state index contributed by atoms with van der Waals surface area (Å²) >= 11 is 0. The van der Waals surface area contributed by atoms with Gasteiger partial charge in [0.15, 0.2) is 0 Å². The van der Waals surface area contributed by atoms with Crippen molar-refractivity contribution in [1.29, 1.82) is 0 Å². The van der Waals surface area contributed by atoms with Crippen molar-refractivity contribution in [2.75, 3.05) is 26.7 Å². The first-order valence-corrected chi connectivity index (χ1v) is 7.15. The molecule has 0 radical (unpaired) electrons. The number of rotatable bonds is 5. The number of likely N-dealkylation sites (N-methyl/N-ethyl adjacent to an activating group) is 1. The Morgan fingerprint density at radius 2 is 2.10 bits per heavy atom. The number of carboxylic acids is 1. The van der Waals surface area contributed by atoms with Gasteiger partial charge in [0.25, 0.3) is 0 Å². The number of hydrogen-bond acceptors (Lipinski definition) is 4. The number of carboxylic acid groups (broad SMARTS) is 1. The number of piperidine rings is 1. The molecule has 2 aliphatic rings. The van der Waals surface area contributed by atoms with Crippen LogP contribution in [-0.4, -0.2) is 58.4 Å². The van der Waals surface area contributed by atoms with Crippen LogP contribution >= 0.6 is 0 Å². The van der Waals surface area contributed by atoms with E-state index in [0.717, 1.165) is 5.69 Å². The number of likely N-dealkylation sites (tertiary alicyclic amines) is 1. The van der Waals surface area contributed by atoms with E-state index >= 15 is 0 Å². The van der Waals surface area contributed by atoms with Gasteiger partial charge in [-0.25, -0.2) is 0 Å². The van der Waals surface area contributed by atoms with E-state index in [9.17, 15) is 9.59 Å². The zero-order chi connectivity index (χ0) is 15.0. The number of fused-ring (bicyclic) bond motifs is 1. The van der Waals surface area contributed by atoms with Crippen LogP contribution in [0.4, 0.5) is 0 Å². The van der Waals surface area contributed by atoms with E-state index in [1.54, 1.807) is 11.1 Å². The van der Waals surface area contributed by atoms with Crippen LogP contribution in [0.25, 0.3) is 0 Å². The average Bonchev–Trinajstić information content (AvgIpc) is 2.95. The van der Waals surface area contributed by atoms with E-state index in [0.29, 0.717) is 26.2 Å². The minimum atomic E-state index is -0.718. The van der Waals surface area contributed by atoms with Gasteiger partial charge in [-0.3, -0.25) is 19.5 Å². The highest BCUT2D eigenvalue weighted by Crippen LogP contribution is 2.51. The molecule has 1 amide bonds. The number of nitrogens with zero attached hydrogens (tertiary/aromatic N) is 3. The van der Waals surface area contributed by atoms with E-state index in [2.05, 4.69) is 4.98 Å². The molecule has 1 saturated carbocycles. The third kappa shape index (κ3) is 2.90. The summed E-state index contributed by atoms with van der Waals surface area (Å²) in [5.74, 6) is -0.519. The van der Waals surface area contributed by atoms with Crippen LogP contribution in [-0.2, 0) is 16.1 Å². The Morgan fingerprint density at radius 1 is 1.38 bits per heavy atom. The number of hydrogen-bond donors (Lipinski definition) is 1. The Kier molecular flexibility index (Phi) is 3.63. The highest BCUT2D eigenvalue weighted by atomic mass is 16.4. The predicted octanol–water partition coefficient (Wildman–Crippen LogP) is 0.302. The normalized spacial score (nSPS) is 26.8. The summed E-state index contributed by atoms with van der Waals surface area (Å²) in [6.07, 6.45) is 1.74. The zero-order valence-corrected chi connectivity index (χ0v) is 12.0. The van der Waals surface area contributed by atoms with E-state index in [-0.39, 0.29) is 23.7 Å². The topological polar surface area (TPSA) is 73.7 Å². The Bertz CT molecular complexity index is 536. The van der Waals surface area contributed by atoms with Crippen molar-refractivity contribution < 1.29 is 14.7 Å². The summed E-state index contributed by atoms with van der Waals surface area (Å²) in [6, 6.07) is 5.73. The molecule has 6 heteroatoms. The molecule has 1 aliphatic carbocycles. The van der Waals surface area contributed by atoms with Gasteiger partial charge in [0.05, 0.1) is 18.2 Å². The molecule has 1 unspecified atom stereocenters. The van der Waals surface area contributed by atoms with Crippen LogP contribution in [0.15, 0.2) is 24.4 Å². The van der Waals surface area contributed by atoms with E-state index < -0.39 is 5.97 Å². The third-order valence-electron chi connectivity index (χ3n) is 4.40. The van der Waals surface area contributed by atoms with Crippen LogP contribution in [0.1, 0.15) is 5.69 Å². The van der Waals surface area contributed by atoms with Crippen molar-refractivity contribution in [3.63, 3.8) is 0 Å². The second-order valence-corrected chi connectivity index (χ2v) is 5.98. The fourth-order valence-electron chi connectivity index (χ4n) is 3.25. The Morgan fingerprint density at radius 3 is 2.67 bits per heavy atom. The number of carbonyl (C=O) groups is 2. The van der Waals surface area contributed by atoms with Crippen molar-refractivity contribution in [2.24, 2.45) is 17.8 Å². The molecule has 3 rings (SSSR count). The van der Waals surface area contributed by atoms with Crippen molar-refractivity contribution in [1.82, 2.24) is 14.8 Å². The van der Waals surface area contributed by atoms with Gasteiger partial charge >= 0.3 is 5.97 Å². The molecule has 1 saturated heterocycles. The van der Waals surface area contributed by atoms with Crippen molar-refractivity contribution in [3.8, 4) is 0 Å². The van der Waals surface area contributed by atoms with Crippen LogP contribution in [0.3, 0.4) is 0 Å². The maximum Gasteiger partial charge on any atom is 0.307 e. The molecule has 0 aromatic carbocycles. The highest BCUT2D eigenvalue weighted by molar-refractivity contribution is 5.80. The first-order chi connectivity index (χ1) is 10.1. The number of amides is 1. The summed E-state index contributed by atoms with van der Waals surface area (Å²) < 4.78 is 0. The maximum atomic E-state index is 12.2.